The molecule has 1 aromatic carbocycles. The van der Waals surface area contributed by atoms with Crippen molar-refractivity contribution in [1.82, 2.24) is 4.31 Å². The van der Waals surface area contributed by atoms with Crippen molar-refractivity contribution in [3.63, 3.8) is 0 Å². The summed E-state index contributed by atoms with van der Waals surface area (Å²) in [7, 11) is -4.68. The summed E-state index contributed by atoms with van der Waals surface area (Å²) in [6.45, 7) is 7.94. The molecule has 1 heterocycles. The van der Waals surface area contributed by atoms with Gasteiger partial charge >= 0.3 is 22.5 Å². The smallest absolute Gasteiger partial charge is 0.423 e. The van der Waals surface area contributed by atoms with Crippen LogP contribution in [0.1, 0.15) is 40.2 Å². The predicted octanol–water partition coefficient (Wildman–Crippen LogP) is 3.28. The van der Waals surface area contributed by atoms with Crippen LogP contribution >= 0.6 is 0 Å². The number of carbonyl (C=O) groups is 2. The first-order chi connectivity index (χ1) is 12.7. The third kappa shape index (κ3) is 3.76. The maximum absolute atomic E-state index is 14.8. The molecule has 2 atom stereocenters. The number of rotatable bonds is 3. The van der Waals surface area contributed by atoms with Crippen LogP contribution in [0.2, 0.25) is 0 Å². The molecule has 1 saturated heterocycles. The summed E-state index contributed by atoms with van der Waals surface area (Å²) in [5.74, 6) is -0.849. The number of carboxylic acid groups (broad SMARTS) is 1. The van der Waals surface area contributed by atoms with Crippen LogP contribution in [0.15, 0.2) is 18.2 Å². The standard InChI is InChI=1S/C17H23FN2O7S/c1-6-26-14(21)19-10-7-8-12(18)11(9-10)17(5)13(16(2,3)4)27-28(24,25)20(17)15(22)23/h7-9,13H,6H2,1-5H3,(H,19,21)(H,22,23)/t13?,17-/m1/s1. The van der Waals surface area contributed by atoms with E-state index in [9.17, 15) is 27.5 Å². The maximum Gasteiger partial charge on any atom is 0.423 e. The molecule has 1 aliphatic rings. The molecule has 1 aliphatic heterocycles. The quantitative estimate of drug-likeness (QED) is 0.772. The average Bonchev–Trinajstić information content (AvgIpc) is 2.76. The van der Waals surface area contributed by atoms with Gasteiger partial charge in [0.2, 0.25) is 0 Å². The Kier molecular flexibility index (Phi) is 5.64. The number of hydrogen-bond acceptors (Lipinski definition) is 6. The van der Waals surface area contributed by atoms with Gasteiger partial charge in [-0.05, 0) is 37.5 Å². The van der Waals surface area contributed by atoms with E-state index in [1.165, 1.54) is 19.1 Å². The number of carbonyl (C=O) groups excluding carboxylic acids is 1. The molecule has 9 nitrogen and oxygen atoms in total. The van der Waals surface area contributed by atoms with Gasteiger partial charge < -0.3 is 9.84 Å². The monoisotopic (exact) mass is 418 g/mol. The summed E-state index contributed by atoms with van der Waals surface area (Å²) in [4.78, 5) is 23.4. The summed E-state index contributed by atoms with van der Waals surface area (Å²) < 4.78 is 49.6. The summed E-state index contributed by atoms with van der Waals surface area (Å²) in [5, 5.41) is 11.9. The van der Waals surface area contributed by atoms with Crippen LogP contribution < -0.4 is 5.32 Å². The van der Waals surface area contributed by atoms with Crippen molar-refractivity contribution in [3.05, 3.63) is 29.6 Å². The predicted molar refractivity (Wildman–Crippen MR) is 97.5 cm³/mol. The molecule has 1 aromatic rings. The number of benzene rings is 1. The second kappa shape index (κ2) is 7.21. The number of anilines is 1. The molecule has 0 spiro atoms. The number of nitrogens with zero attached hydrogens (tertiary/aromatic N) is 1. The molecule has 11 heteroatoms. The van der Waals surface area contributed by atoms with Crippen molar-refractivity contribution in [2.45, 2.75) is 46.3 Å². The van der Waals surface area contributed by atoms with E-state index in [2.05, 4.69) is 5.32 Å². The highest BCUT2D eigenvalue weighted by Gasteiger charge is 2.63. The van der Waals surface area contributed by atoms with E-state index in [0.717, 1.165) is 6.07 Å². The van der Waals surface area contributed by atoms with Crippen LogP contribution in [-0.4, -0.2) is 42.7 Å². The second-order valence-electron chi connectivity index (χ2n) is 7.53. The Bertz CT molecular complexity index is 897. The normalized spacial score (nSPS) is 24.1. The Hall–Kier alpha value is -2.40. The Morgan fingerprint density at radius 2 is 2.00 bits per heavy atom. The Balaban J connectivity index is 2.69. The molecule has 0 saturated carbocycles. The van der Waals surface area contributed by atoms with Gasteiger partial charge in [-0.3, -0.25) is 5.32 Å². The zero-order valence-electron chi connectivity index (χ0n) is 16.1. The van der Waals surface area contributed by atoms with Gasteiger partial charge in [0, 0.05) is 11.3 Å². The number of hydrogen-bond donors (Lipinski definition) is 2. The van der Waals surface area contributed by atoms with E-state index in [1.807, 2.05) is 0 Å². The third-order valence-electron chi connectivity index (χ3n) is 4.37. The SMILES string of the molecule is CCOC(=O)Nc1ccc(F)c([C@]2(C)C(C(C)(C)C)OS(=O)(=O)N2C(=O)O)c1. The molecule has 2 rings (SSSR count). The van der Waals surface area contributed by atoms with Gasteiger partial charge in [0.15, 0.2) is 0 Å². The van der Waals surface area contributed by atoms with Crippen molar-refractivity contribution in [2.75, 3.05) is 11.9 Å². The number of ether oxygens (including phenoxy) is 1. The Labute approximate surface area is 162 Å². The molecule has 0 radical (unpaired) electrons. The number of halogens is 1. The van der Waals surface area contributed by atoms with Gasteiger partial charge in [-0.1, -0.05) is 20.8 Å². The second-order valence-corrected chi connectivity index (χ2v) is 8.95. The average molecular weight is 418 g/mol. The minimum absolute atomic E-state index is 0.110. The minimum Gasteiger partial charge on any atom is -0.464 e. The van der Waals surface area contributed by atoms with E-state index in [4.69, 9.17) is 8.92 Å². The van der Waals surface area contributed by atoms with Crippen molar-refractivity contribution >= 4 is 28.2 Å². The zero-order chi connectivity index (χ0) is 21.5. The molecular weight excluding hydrogens is 395 g/mol. The Morgan fingerprint density at radius 3 is 2.50 bits per heavy atom. The lowest BCUT2D eigenvalue weighted by Crippen LogP contribution is -2.52. The zero-order valence-corrected chi connectivity index (χ0v) is 17.0. The van der Waals surface area contributed by atoms with Gasteiger partial charge in [-0.25, -0.2) is 18.2 Å². The van der Waals surface area contributed by atoms with Gasteiger partial charge in [0.25, 0.3) is 0 Å². The fraction of sp³-hybridized carbons (Fsp3) is 0.529. The molecule has 28 heavy (non-hydrogen) atoms. The first-order valence-corrected chi connectivity index (χ1v) is 9.82. The van der Waals surface area contributed by atoms with Crippen LogP contribution in [0.25, 0.3) is 0 Å². The lowest BCUT2D eigenvalue weighted by Gasteiger charge is -2.39. The highest BCUT2D eigenvalue weighted by Crippen LogP contribution is 2.50. The van der Waals surface area contributed by atoms with E-state index in [1.54, 1.807) is 27.7 Å². The fourth-order valence-electron chi connectivity index (χ4n) is 3.41. The number of amides is 2. The molecule has 0 aliphatic carbocycles. The van der Waals surface area contributed by atoms with Crippen molar-refractivity contribution < 1.29 is 36.4 Å². The largest absolute Gasteiger partial charge is 0.464 e. The molecule has 156 valence electrons. The van der Waals surface area contributed by atoms with Gasteiger partial charge in [0.05, 0.1) is 6.61 Å². The van der Waals surface area contributed by atoms with Crippen molar-refractivity contribution in [3.8, 4) is 0 Å². The van der Waals surface area contributed by atoms with E-state index >= 15 is 0 Å². The van der Waals surface area contributed by atoms with Gasteiger partial charge in [-0.15, -0.1) is 0 Å². The van der Waals surface area contributed by atoms with Crippen LogP contribution in [0, 0.1) is 11.2 Å². The molecular formula is C17H23FN2O7S. The first-order valence-electron chi connectivity index (χ1n) is 8.45. The highest BCUT2D eigenvalue weighted by atomic mass is 32.2. The fourth-order valence-corrected chi connectivity index (χ4v) is 5.06. The van der Waals surface area contributed by atoms with E-state index < -0.39 is 45.4 Å². The molecule has 0 bridgehead atoms. The number of nitrogens with one attached hydrogen (secondary N) is 1. The summed E-state index contributed by atoms with van der Waals surface area (Å²) in [6, 6.07) is 3.43. The minimum atomic E-state index is -4.68. The summed E-state index contributed by atoms with van der Waals surface area (Å²) >= 11 is 0. The van der Waals surface area contributed by atoms with Crippen LogP contribution in [-0.2, 0) is 24.8 Å². The summed E-state index contributed by atoms with van der Waals surface area (Å²) in [6.07, 6.45) is -3.83. The first kappa shape index (κ1) is 21.9. The molecule has 1 fully saturated rings. The van der Waals surface area contributed by atoms with Crippen molar-refractivity contribution in [2.24, 2.45) is 5.41 Å². The Morgan fingerprint density at radius 1 is 1.39 bits per heavy atom. The van der Waals surface area contributed by atoms with E-state index in [-0.39, 0.29) is 22.2 Å². The van der Waals surface area contributed by atoms with Crippen LogP contribution in [0.4, 0.5) is 19.7 Å². The molecule has 0 aromatic heterocycles. The maximum atomic E-state index is 14.8. The van der Waals surface area contributed by atoms with Crippen LogP contribution in [0.5, 0.6) is 0 Å². The van der Waals surface area contributed by atoms with Crippen molar-refractivity contribution in [1.29, 1.82) is 0 Å². The molecule has 2 N–H and O–H groups in total. The van der Waals surface area contributed by atoms with E-state index in [0.29, 0.717) is 0 Å². The van der Waals surface area contributed by atoms with Crippen LogP contribution in [0.3, 0.4) is 0 Å². The third-order valence-corrected chi connectivity index (χ3v) is 5.79. The molecule has 2 amide bonds. The topological polar surface area (TPSA) is 122 Å². The van der Waals surface area contributed by atoms with Gasteiger partial charge in [0.1, 0.15) is 17.5 Å². The lowest BCUT2D eigenvalue weighted by atomic mass is 9.73. The lowest BCUT2D eigenvalue weighted by molar-refractivity contribution is 0.0239. The highest BCUT2D eigenvalue weighted by molar-refractivity contribution is 7.85. The summed E-state index contributed by atoms with van der Waals surface area (Å²) in [5.41, 5.74) is -2.94. The van der Waals surface area contributed by atoms with Gasteiger partial charge in [-0.2, -0.15) is 12.7 Å². The molecule has 1 unspecified atom stereocenters.